The summed E-state index contributed by atoms with van der Waals surface area (Å²) in [5.74, 6) is 2.48. The van der Waals surface area contributed by atoms with Crippen LogP contribution in [0.1, 0.15) is 52.9 Å². The minimum atomic E-state index is -0.255. The van der Waals surface area contributed by atoms with Gasteiger partial charge in [-0.05, 0) is 43.9 Å². The van der Waals surface area contributed by atoms with E-state index >= 15 is 0 Å². The Hall–Kier alpha value is -0.830. The lowest BCUT2D eigenvalue weighted by atomic mass is 9.63. The van der Waals surface area contributed by atoms with E-state index in [1.165, 1.54) is 32.1 Å². The maximum Gasteiger partial charge on any atom is 0.334 e. The summed E-state index contributed by atoms with van der Waals surface area (Å²) in [7, 11) is 0. The molecule has 3 nitrogen and oxygen atoms in total. The molecule has 5 unspecified atom stereocenters. The highest BCUT2D eigenvalue weighted by atomic mass is 16.6. The fourth-order valence-electron chi connectivity index (χ4n) is 4.15. The first-order valence-electron chi connectivity index (χ1n) is 8.16. The number of rotatable bonds is 5. The lowest BCUT2D eigenvalue weighted by molar-refractivity contribution is -0.157. The molecule has 114 valence electrons. The number of esters is 1. The molecule has 0 aromatic rings. The SMILES string of the molecule is C=C(C)C(=O)OC1NCC2CC(CC)C(CCC)C1C2. The van der Waals surface area contributed by atoms with Crippen LogP contribution in [0.3, 0.4) is 0 Å². The van der Waals surface area contributed by atoms with Gasteiger partial charge in [-0.15, -0.1) is 0 Å². The van der Waals surface area contributed by atoms with E-state index in [0.717, 1.165) is 18.4 Å². The van der Waals surface area contributed by atoms with Crippen LogP contribution in [0.15, 0.2) is 12.2 Å². The number of carbonyl (C=O) groups is 1. The van der Waals surface area contributed by atoms with Crippen molar-refractivity contribution >= 4 is 5.97 Å². The van der Waals surface area contributed by atoms with Gasteiger partial charge in [0.15, 0.2) is 6.23 Å². The fourth-order valence-corrected chi connectivity index (χ4v) is 4.15. The second-order valence-electron chi connectivity index (χ2n) is 6.64. The number of ether oxygens (including phenoxy) is 1. The number of nitrogens with one attached hydrogen (secondary N) is 1. The van der Waals surface area contributed by atoms with Gasteiger partial charge in [0, 0.05) is 18.0 Å². The van der Waals surface area contributed by atoms with Gasteiger partial charge in [0.25, 0.3) is 0 Å². The Balaban J connectivity index is 2.10. The molecule has 0 aromatic heterocycles. The van der Waals surface area contributed by atoms with Crippen molar-refractivity contribution < 1.29 is 9.53 Å². The molecule has 1 aliphatic carbocycles. The largest absolute Gasteiger partial charge is 0.443 e. The Morgan fingerprint density at radius 2 is 2.10 bits per heavy atom. The van der Waals surface area contributed by atoms with Gasteiger partial charge in [-0.2, -0.15) is 0 Å². The predicted octanol–water partition coefficient (Wildman–Crippen LogP) is 3.50. The third kappa shape index (κ3) is 3.25. The molecule has 1 aliphatic heterocycles. The molecule has 2 aliphatic rings. The van der Waals surface area contributed by atoms with Gasteiger partial charge in [-0.3, -0.25) is 5.32 Å². The summed E-state index contributed by atoms with van der Waals surface area (Å²) in [4.78, 5) is 11.8. The normalized spacial score (nSPS) is 36.5. The van der Waals surface area contributed by atoms with Crippen LogP contribution in [-0.2, 0) is 9.53 Å². The molecular formula is C17H29NO2. The standard InChI is InChI=1S/C17H29NO2/c1-5-7-14-13(6-2)8-12-9-15(14)16(18-10-12)20-17(19)11(3)4/h12-16,18H,3,5-10H2,1-2,4H3. The Bertz CT molecular complexity index is 366. The van der Waals surface area contributed by atoms with Crippen molar-refractivity contribution in [2.24, 2.45) is 23.7 Å². The Kier molecular flexibility index (Phi) is 5.25. The maximum atomic E-state index is 11.8. The van der Waals surface area contributed by atoms with Crippen molar-refractivity contribution in [2.45, 2.75) is 59.1 Å². The van der Waals surface area contributed by atoms with Crippen molar-refractivity contribution in [3.05, 3.63) is 12.2 Å². The van der Waals surface area contributed by atoms with Crippen molar-refractivity contribution in [1.29, 1.82) is 0 Å². The topological polar surface area (TPSA) is 38.3 Å². The summed E-state index contributed by atoms with van der Waals surface area (Å²) in [6.45, 7) is 10.9. The molecular weight excluding hydrogens is 250 g/mol. The van der Waals surface area contributed by atoms with Gasteiger partial charge >= 0.3 is 5.97 Å². The number of carbonyl (C=O) groups excluding carboxylic acids is 1. The summed E-state index contributed by atoms with van der Waals surface area (Å²) < 4.78 is 5.66. The lowest BCUT2D eigenvalue weighted by Crippen LogP contribution is -2.54. The van der Waals surface area contributed by atoms with Crippen molar-refractivity contribution in [1.82, 2.24) is 5.32 Å². The molecule has 0 amide bonds. The zero-order chi connectivity index (χ0) is 14.7. The smallest absolute Gasteiger partial charge is 0.334 e. The minimum absolute atomic E-state index is 0.110. The van der Waals surface area contributed by atoms with Crippen LogP contribution in [0.2, 0.25) is 0 Å². The molecule has 1 saturated carbocycles. The lowest BCUT2D eigenvalue weighted by Gasteiger charge is -2.48. The first kappa shape index (κ1) is 15.6. The fraction of sp³-hybridized carbons (Fsp3) is 0.824. The molecule has 2 rings (SSSR count). The van der Waals surface area contributed by atoms with Crippen LogP contribution in [0, 0.1) is 23.7 Å². The van der Waals surface area contributed by atoms with E-state index in [1.807, 2.05) is 0 Å². The van der Waals surface area contributed by atoms with Gasteiger partial charge in [-0.25, -0.2) is 4.79 Å². The molecule has 1 N–H and O–H groups in total. The van der Waals surface area contributed by atoms with Crippen LogP contribution < -0.4 is 5.32 Å². The van der Waals surface area contributed by atoms with E-state index in [-0.39, 0.29) is 12.2 Å². The first-order chi connectivity index (χ1) is 9.56. The zero-order valence-corrected chi connectivity index (χ0v) is 13.2. The predicted molar refractivity (Wildman–Crippen MR) is 81.1 cm³/mol. The molecule has 2 bridgehead atoms. The Morgan fingerprint density at radius 1 is 1.35 bits per heavy atom. The monoisotopic (exact) mass is 279 g/mol. The van der Waals surface area contributed by atoms with Gasteiger partial charge in [0.05, 0.1) is 0 Å². The zero-order valence-electron chi connectivity index (χ0n) is 13.2. The van der Waals surface area contributed by atoms with E-state index < -0.39 is 0 Å². The maximum absolute atomic E-state index is 11.8. The van der Waals surface area contributed by atoms with E-state index in [0.29, 0.717) is 17.4 Å². The van der Waals surface area contributed by atoms with Gasteiger partial charge < -0.3 is 4.74 Å². The van der Waals surface area contributed by atoms with E-state index in [2.05, 4.69) is 25.7 Å². The Labute approximate surface area is 123 Å². The highest BCUT2D eigenvalue weighted by molar-refractivity contribution is 5.87. The van der Waals surface area contributed by atoms with Gasteiger partial charge in [-0.1, -0.05) is 33.3 Å². The molecule has 0 aromatic carbocycles. The van der Waals surface area contributed by atoms with Crippen molar-refractivity contribution in [3.63, 3.8) is 0 Å². The minimum Gasteiger partial charge on any atom is -0.443 e. The molecule has 3 heteroatoms. The highest BCUT2D eigenvalue weighted by Gasteiger charge is 2.44. The first-order valence-corrected chi connectivity index (χ1v) is 8.16. The summed E-state index contributed by atoms with van der Waals surface area (Å²) >= 11 is 0. The second kappa shape index (κ2) is 6.75. The highest BCUT2D eigenvalue weighted by Crippen LogP contribution is 2.45. The quantitative estimate of drug-likeness (QED) is 0.618. The van der Waals surface area contributed by atoms with Crippen molar-refractivity contribution in [3.8, 4) is 0 Å². The van der Waals surface area contributed by atoms with Crippen LogP contribution in [-0.4, -0.2) is 18.7 Å². The molecule has 1 saturated heterocycles. The number of hydrogen-bond acceptors (Lipinski definition) is 3. The van der Waals surface area contributed by atoms with E-state index in [4.69, 9.17) is 4.74 Å². The van der Waals surface area contributed by atoms with Gasteiger partial charge in [0.2, 0.25) is 0 Å². The van der Waals surface area contributed by atoms with Crippen LogP contribution in [0.4, 0.5) is 0 Å². The number of hydrogen-bond donors (Lipinski definition) is 1. The summed E-state index contributed by atoms with van der Waals surface area (Å²) in [6.07, 6.45) is 6.15. The van der Waals surface area contributed by atoms with Crippen molar-refractivity contribution in [2.75, 3.05) is 6.54 Å². The molecule has 0 radical (unpaired) electrons. The summed E-state index contributed by atoms with van der Waals surface area (Å²) in [5.41, 5.74) is 0.490. The Morgan fingerprint density at radius 3 is 2.70 bits per heavy atom. The molecule has 2 fully saturated rings. The number of piperidine rings is 1. The third-order valence-corrected chi connectivity index (χ3v) is 5.12. The number of fused-ring (bicyclic) bond motifs is 2. The molecule has 20 heavy (non-hydrogen) atoms. The average molecular weight is 279 g/mol. The van der Waals surface area contributed by atoms with Crippen LogP contribution >= 0.6 is 0 Å². The second-order valence-corrected chi connectivity index (χ2v) is 6.64. The molecule has 1 heterocycles. The van der Waals surface area contributed by atoms with Gasteiger partial charge in [0.1, 0.15) is 0 Å². The molecule has 5 atom stereocenters. The average Bonchev–Trinajstić information content (AvgIpc) is 2.44. The van der Waals surface area contributed by atoms with Crippen LogP contribution in [0.25, 0.3) is 0 Å². The van der Waals surface area contributed by atoms with E-state index in [9.17, 15) is 4.79 Å². The van der Waals surface area contributed by atoms with E-state index in [1.54, 1.807) is 6.92 Å². The third-order valence-electron chi connectivity index (χ3n) is 5.12. The summed E-state index contributed by atoms with van der Waals surface area (Å²) in [5, 5.41) is 3.46. The summed E-state index contributed by atoms with van der Waals surface area (Å²) in [6, 6.07) is 0. The van der Waals surface area contributed by atoms with Crippen LogP contribution in [0.5, 0.6) is 0 Å². The molecule has 0 spiro atoms.